The third-order valence-electron chi connectivity index (χ3n) is 2.86. The van der Waals surface area contributed by atoms with E-state index in [0.29, 0.717) is 0 Å². The van der Waals surface area contributed by atoms with E-state index in [1.54, 1.807) is 0 Å². The van der Waals surface area contributed by atoms with Crippen molar-refractivity contribution < 1.29 is 17.9 Å². The van der Waals surface area contributed by atoms with Crippen LogP contribution < -0.4 is 10.5 Å². The zero-order valence-corrected chi connectivity index (χ0v) is 9.26. The van der Waals surface area contributed by atoms with Gasteiger partial charge in [0.15, 0.2) is 0 Å². The van der Waals surface area contributed by atoms with Gasteiger partial charge in [0.05, 0.1) is 11.7 Å². The minimum absolute atomic E-state index is 0.0258. The molecule has 0 aliphatic heterocycles. The van der Waals surface area contributed by atoms with Crippen LogP contribution in [-0.4, -0.2) is 6.10 Å². The molecular formula is C12H14F3NO. The first-order valence-corrected chi connectivity index (χ1v) is 5.59. The van der Waals surface area contributed by atoms with Crippen molar-refractivity contribution >= 4 is 5.69 Å². The van der Waals surface area contributed by atoms with Gasteiger partial charge >= 0.3 is 6.18 Å². The molecule has 0 saturated heterocycles. The van der Waals surface area contributed by atoms with E-state index in [9.17, 15) is 13.2 Å². The van der Waals surface area contributed by atoms with Crippen LogP contribution in [0.1, 0.15) is 31.2 Å². The Morgan fingerprint density at radius 1 is 1.12 bits per heavy atom. The second kappa shape index (κ2) is 4.47. The maximum Gasteiger partial charge on any atom is 0.416 e. The van der Waals surface area contributed by atoms with E-state index in [1.807, 2.05) is 0 Å². The van der Waals surface area contributed by atoms with Gasteiger partial charge < -0.3 is 10.5 Å². The van der Waals surface area contributed by atoms with Crippen LogP contribution in [0, 0.1) is 0 Å². The van der Waals surface area contributed by atoms with Crippen LogP contribution in [0.25, 0.3) is 0 Å². The molecule has 0 spiro atoms. The Morgan fingerprint density at radius 2 is 1.76 bits per heavy atom. The highest BCUT2D eigenvalue weighted by atomic mass is 19.4. The average molecular weight is 245 g/mol. The summed E-state index contributed by atoms with van der Waals surface area (Å²) < 4.78 is 43.2. The van der Waals surface area contributed by atoms with Gasteiger partial charge in [0, 0.05) is 11.8 Å². The molecule has 0 aromatic heterocycles. The summed E-state index contributed by atoms with van der Waals surface area (Å²) in [6, 6.07) is 3.36. The fraction of sp³-hybridized carbons (Fsp3) is 0.500. The van der Waals surface area contributed by atoms with Gasteiger partial charge in [-0.15, -0.1) is 0 Å². The molecule has 2 N–H and O–H groups in total. The summed E-state index contributed by atoms with van der Waals surface area (Å²) in [5, 5.41) is 0. The molecule has 1 aromatic carbocycles. The van der Waals surface area contributed by atoms with Crippen LogP contribution >= 0.6 is 0 Å². The van der Waals surface area contributed by atoms with Crippen LogP contribution in [0.3, 0.4) is 0 Å². The SMILES string of the molecule is Nc1cc(OC2CCCC2)cc(C(F)(F)F)c1. The van der Waals surface area contributed by atoms with Gasteiger partial charge in [-0.1, -0.05) is 0 Å². The Morgan fingerprint density at radius 3 is 2.35 bits per heavy atom. The van der Waals surface area contributed by atoms with Crippen molar-refractivity contribution in [3.63, 3.8) is 0 Å². The van der Waals surface area contributed by atoms with Gasteiger partial charge in [-0.05, 0) is 37.8 Å². The third kappa shape index (κ3) is 3.05. The Kier molecular flexibility index (Phi) is 3.17. The first kappa shape index (κ1) is 12.1. The molecule has 5 heteroatoms. The number of anilines is 1. The first-order valence-electron chi connectivity index (χ1n) is 5.59. The Balaban J connectivity index is 2.19. The van der Waals surface area contributed by atoms with Crippen molar-refractivity contribution in [2.75, 3.05) is 5.73 Å². The molecular weight excluding hydrogens is 231 g/mol. The van der Waals surface area contributed by atoms with Gasteiger partial charge in [0.25, 0.3) is 0 Å². The molecule has 1 fully saturated rings. The van der Waals surface area contributed by atoms with Crippen molar-refractivity contribution in [1.82, 2.24) is 0 Å². The molecule has 0 unspecified atom stereocenters. The maximum absolute atomic E-state index is 12.6. The maximum atomic E-state index is 12.6. The van der Waals surface area contributed by atoms with E-state index >= 15 is 0 Å². The smallest absolute Gasteiger partial charge is 0.416 e. The molecule has 2 nitrogen and oxygen atoms in total. The molecule has 0 radical (unpaired) electrons. The van der Waals surface area contributed by atoms with E-state index in [-0.39, 0.29) is 17.5 Å². The molecule has 0 atom stereocenters. The monoisotopic (exact) mass is 245 g/mol. The van der Waals surface area contributed by atoms with Crippen LogP contribution in [0.5, 0.6) is 5.75 Å². The molecule has 0 bridgehead atoms. The van der Waals surface area contributed by atoms with Crippen molar-refractivity contribution in [2.24, 2.45) is 0 Å². The molecule has 17 heavy (non-hydrogen) atoms. The van der Waals surface area contributed by atoms with Crippen LogP contribution in [-0.2, 0) is 6.18 Å². The van der Waals surface area contributed by atoms with E-state index in [0.717, 1.165) is 37.8 Å². The normalized spacial score (nSPS) is 17.4. The zero-order valence-electron chi connectivity index (χ0n) is 9.26. The number of halogens is 3. The number of alkyl halides is 3. The Labute approximate surface area is 97.6 Å². The topological polar surface area (TPSA) is 35.2 Å². The van der Waals surface area contributed by atoms with Crippen molar-refractivity contribution in [1.29, 1.82) is 0 Å². The number of nitrogens with two attached hydrogens (primary N) is 1. The zero-order chi connectivity index (χ0) is 12.5. The highest BCUT2D eigenvalue weighted by molar-refractivity contribution is 5.48. The van der Waals surface area contributed by atoms with Gasteiger partial charge in [-0.2, -0.15) is 13.2 Å². The number of ether oxygens (including phenoxy) is 1. The van der Waals surface area contributed by atoms with E-state index in [2.05, 4.69) is 0 Å². The van der Waals surface area contributed by atoms with Gasteiger partial charge in [-0.3, -0.25) is 0 Å². The molecule has 1 aliphatic rings. The van der Waals surface area contributed by atoms with Crippen molar-refractivity contribution in [2.45, 2.75) is 38.0 Å². The summed E-state index contributed by atoms with van der Waals surface area (Å²) in [5.41, 5.74) is 4.77. The fourth-order valence-corrected chi connectivity index (χ4v) is 2.05. The molecule has 0 amide bonds. The van der Waals surface area contributed by atoms with E-state index in [4.69, 9.17) is 10.5 Å². The van der Waals surface area contributed by atoms with E-state index in [1.165, 1.54) is 6.07 Å². The first-order chi connectivity index (χ1) is 7.95. The number of hydrogen-bond donors (Lipinski definition) is 1. The summed E-state index contributed by atoms with van der Waals surface area (Å²) in [7, 11) is 0. The van der Waals surface area contributed by atoms with Crippen LogP contribution in [0.4, 0.5) is 18.9 Å². The molecule has 1 aromatic rings. The lowest BCUT2D eigenvalue weighted by molar-refractivity contribution is -0.137. The van der Waals surface area contributed by atoms with Crippen LogP contribution in [0.2, 0.25) is 0 Å². The second-order valence-electron chi connectivity index (χ2n) is 4.31. The number of nitrogen functional groups attached to an aromatic ring is 1. The summed E-state index contributed by atoms with van der Waals surface area (Å²) in [6.07, 6.45) is -0.425. The lowest BCUT2D eigenvalue weighted by Gasteiger charge is -2.15. The molecule has 2 rings (SSSR count). The Hall–Kier alpha value is -1.39. The van der Waals surface area contributed by atoms with Crippen LogP contribution in [0.15, 0.2) is 18.2 Å². The average Bonchev–Trinajstić information content (AvgIpc) is 2.68. The lowest BCUT2D eigenvalue weighted by Crippen LogP contribution is -2.12. The molecule has 1 aliphatic carbocycles. The van der Waals surface area contributed by atoms with Gasteiger partial charge in [0.2, 0.25) is 0 Å². The molecule has 1 saturated carbocycles. The van der Waals surface area contributed by atoms with Crippen molar-refractivity contribution in [3.05, 3.63) is 23.8 Å². The number of hydrogen-bond acceptors (Lipinski definition) is 2. The summed E-state index contributed by atoms with van der Waals surface area (Å²) in [4.78, 5) is 0. The van der Waals surface area contributed by atoms with Gasteiger partial charge in [0.1, 0.15) is 5.75 Å². The highest BCUT2D eigenvalue weighted by Crippen LogP contribution is 2.34. The quantitative estimate of drug-likeness (QED) is 0.808. The molecule has 0 heterocycles. The summed E-state index contributed by atoms with van der Waals surface area (Å²) >= 11 is 0. The largest absolute Gasteiger partial charge is 0.490 e. The number of benzene rings is 1. The third-order valence-corrected chi connectivity index (χ3v) is 2.86. The standard InChI is InChI=1S/C12H14F3NO/c13-12(14,15)8-5-9(16)7-11(6-8)17-10-3-1-2-4-10/h5-7,10H,1-4,16H2. The summed E-state index contributed by atoms with van der Waals surface area (Å²) in [6.45, 7) is 0. The molecule has 94 valence electrons. The minimum atomic E-state index is -4.39. The Bertz CT molecular complexity index is 397. The minimum Gasteiger partial charge on any atom is -0.490 e. The fourth-order valence-electron chi connectivity index (χ4n) is 2.05. The lowest BCUT2D eigenvalue weighted by atomic mass is 10.2. The second-order valence-corrected chi connectivity index (χ2v) is 4.31. The van der Waals surface area contributed by atoms with Gasteiger partial charge in [-0.25, -0.2) is 0 Å². The summed E-state index contributed by atoms with van der Waals surface area (Å²) in [5.74, 6) is 0.212. The highest BCUT2D eigenvalue weighted by Gasteiger charge is 2.31. The predicted molar refractivity (Wildman–Crippen MR) is 58.7 cm³/mol. The number of rotatable bonds is 2. The van der Waals surface area contributed by atoms with Crippen molar-refractivity contribution in [3.8, 4) is 5.75 Å². The predicted octanol–water partition coefficient (Wildman–Crippen LogP) is 3.61. The van der Waals surface area contributed by atoms with E-state index < -0.39 is 11.7 Å².